The van der Waals surface area contributed by atoms with Gasteiger partial charge in [0.25, 0.3) is 0 Å². The maximum absolute atomic E-state index is 10.8. The van der Waals surface area contributed by atoms with E-state index in [-0.39, 0.29) is 5.92 Å². The number of rotatable bonds is 5. The molecule has 0 aromatic heterocycles. The summed E-state index contributed by atoms with van der Waals surface area (Å²) in [4.78, 5) is 10.8. The fourth-order valence-electron chi connectivity index (χ4n) is 1.20. The Bertz CT molecular complexity index is 194. The van der Waals surface area contributed by atoms with Crippen molar-refractivity contribution < 1.29 is 4.79 Å². The third-order valence-electron chi connectivity index (χ3n) is 2.93. The Hall–Kier alpha value is -0.373. The van der Waals surface area contributed by atoms with Crippen LogP contribution >= 0.6 is 0 Å². The zero-order valence-corrected chi connectivity index (χ0v) is 10.6. The zero-order chi connectivity index (χ0) is 10.6. The van der Waals surface area contributed by atoms with Gasteiger partial charge in [-0.2, -0.15) is 0 Å². The van der Waals surface area contributed by atoms with Crippen LogP contribution in [0.15, 0.2) is 11.8 Å². The monoisotopic (exact) mass is 198 g/mol. The van der Waals surface area contributed by atoms with Gasteiger partial charge in [0, 0.05) is 5.92 Å². The number of hydrogen-bond acceptors (Lipinski definition) is 1. The summed E-state index contributed by atoms with van der Waals surface area (Å²) in [6, 6.07) is 1.05. The van der Waals surface area contributed by atoms with Crippen molar-refractivity contribution in [2.45, 2.75) is 39.9 Å². The summed E-state index contributed by atoms with van der Waals surface area (Å²) in [6.07, 6.45) is 1.11. The van der Waals surface area contributed by atoms with E-state index < -0.39 is 8.07 Å². The molecule has 0 rings (SSSR count). The van der Waals surface area contributed by atoms with Gasteiger partial charge >= 0.3 is 0 Å². The van der Waals surface area contributed by atoms with Crippen LogP contribution in [0.1, 0.15) is 20.8 Å². The lowest BCUT2D eigenvalue weighted by Crippen LogP contribution is -2.32. The second kappa shape index (κ2) is 4.75. The largest absolute Gasteiger partial charge is 0.303 e. The molecule has 0 aliphatic heterocycles. The Kier molecular flexibility index (Phi) is 4.61. The van der Waals surface area contributed by atoms with Crippen LogP contribution < -0.4 is 0 Å². The first-order chi connectivity index (χ1) is 5.81. The van der Waals surface area contributed by atoms with Crippen molar-refractivity contribution in [3.8, 4) is 0 Å². The summed E-state index contributed by atoms with van der Waals surface area (Å²) in [5.41, 5.74) is 0. The normalized spacial score (nSPS) is 14.3. The summed E-state index contributed by atoms with van der Waals surface area (Å²) in [5.74, 6) is 0.682. The molecule has 13 heavy (non-hydrogen) atoms. The number of aldehydes is 1. The Morgan fingerprint density at radius 2 is 1.92 bits per heavy atom. The predicted octanol–water partition coefficient (Wildman–Crippen LogP) is 3.28. The van der Waals surface area contributed by atoms with E-state index in [0.29, 0.717) is 5.92 Å². The number of carbonyl (C=O) groups excluding carboxylic acids is 1. The molecule has 0 heterocycles. The van der Waals surface area contributed by atoms with Crippen molar-refractivity contribution in [1.82, 2.24) is 0 Å². The Morgan fingerprint density at radius 3 is 2.15 bits per heavy atom. The minimum atomic E-state index is -1.35. The fraction of sp³-hybridized carbons (Fsp3) is 0.727. The molecule has 0 aliphatic carbocycles. The molecule has 1 atom stereocenters. The lowest BCUT2D eigenvalue weighted by Gasteiger charge is -2.27. The summed E-state index contributed by atoms with van der Waals surface area (Å²) < 4.78 is 0. The standard InChI is InChI=1S/C11H22OSi/c1-9(2)11(7-12)8-13(5,6)10(3)4/h7,9,11H,3,8H2,1-2,4-6H3. The molecular formula is C11H22OSi. The van der Waals surface area contributed by atoms with Crippen molar-refractivity contribution in [2.24, 2.45) is 11.8 Å². The molecule has 0 fully saturated rings. The van der Waals surface area contributed by atoms with Crippen molar-refractivity contribution in [2.75, 3.05) is 0 Å². The van der Waals surface area contributed by atoms with E-state index in [9.17, 15) is 4.79 Å². The van der Waals surface area contributed by atoms with Gasteiger partial charge in [-0.3, -0.25) is 0 Å². The second-order valence-electron chi connectivity index (χ2n) is 4.91. The highest BCUT2D eigenvalue weighted by Crippen LogP contribution is 2.26. The lowest BCUT2D eigenvalue weighted by atomic mass is 10.00. The third kappa shape index (κ3) is 3.90. The molecule has 2 heteroatoms. The van der Waals surface area contributed by atoms with Crippen LogP contribution in [0.2, 0.25) is 19.1 Å². The average molecular weight is 198 g/mol. The van der Waals surface area contributed by atoms with Crippen molar-refractivity contribution in [3.63, 3.8) is 0 Å². The molecule has 0 aliphatic rings. The van der Waals surface area contributed by atoms with Gasteiger partial charge in [0.1, 0.15) is 6.29 Å². The fourth-order valence-corrected chi connectivity index (χ4v) is 3.30. The van der Waals surface area contributed by atoms with E-state index in [4.69, 9.17) is 0 Å². The first-order valence-corrected chi connectivity index (χ1v) is 8.13. The van der Waals surface area contributed by atoms with Gasteiger partial charge in [0.05, 0.1) is 8.07 Å². The molecular weight excluding hydrogens is 176 g/mol. The summed E-state index contributed by atoms with van der Waals surface area (Å²) in [6.45, 7) is 14.9. The maximum Gasteiger partial charge on any atom is 0.123 e. The summed E-state index contributed by atoms with van der Waals surface area (Å²) >= 11 is 0. The highest BCUT2D eigenvalue weighted by molar-refractivity contribution is 6.84. The third-order valence-corrected chi connectivity index (χ3v) is 6.74. The van der Waals surface area contributed by atoms with Crippen LogP contribution in [0.25, 0.3) is 0 Å². The molecule has 0 saturated heterocycles. The molecule has 0 spiro atoms. The van der Waals surface area contributed by atoms with Crippen molar-refractivity contribution in [3.05, 3.63) is 11.8 Å². The van der Waals surface area contributed by atoms with E-state index in [1.165, 1.54) is 5.20 Å². The van der Waals surface area contributed by atoms with Crippen LogP contribution in [-0.4, -0.2) is 14.4 Å². The molecule has 0 N–H and O–H groups in total. The maximum atomic E-state index is 10.8. The quantitative estimate of drug-likeness (QED) is 0.489. The first-order valence-electron chi connectivity index (χ1n) is 4.92. The van der Waals surface area contributed by atoms with Crippen LogP contribution in [-0.2, 0) is 4.79 Å². The van der Waals surface area contributed by atoms with Crippen molar-refractivity contribution in [1.29, 1.82) is 0 Å². The van der Waals surface area contributed by atoms with Crippen LogP contribution in [0, 0.1) is 11.8 Å². The Balaban J connectivity index is 4.39. The molecule has 1 nitrogen and oxygen atoms in total. The van der Waals surface area contributed by atoms with Crippen LogP contribution in [0.4, 0.5) is 0 Å². The van der Waals surface area contributed by atoms with E-state index in [1.807, 2.05) is 0 Å². The zero-order valence-electron chi connectivity index (χ0n) is 9.55. The predicted molar refractivity (Wildman–Crippen MR) is 61.5 cm³/mol. The highest BCUT2D eigenvalue weighted by atomic mass is 28.3. The molecule has 0 radical (unpaired) electrons. The lowest BCUT2D eigenvalue weighted by molar-refractivity contribution is -0.111. The van der Waals surface area contributed by atoms with Gasteiger partial charge < -0.3 is 4.79 Å². The number of allylic oxidation sites excluding steroid dienone is 1. The average Bonchev–Trinajstić information content (AvgIpc) is 1.99. The summed E-state index contributed by atoms with van der Waals surface area (Å²) in [5, 5.41) is 1.29. The van der Waals surface area contributed by atoms with Crippen molar-refractivity contribution >= 4 is 14.4 Å². The van der Waals surface area contributed by atoms with Gasteiger partial charge in [-0.1, -0.05) is 32.1 Å². The minimum Gasteiger partial charge on any atom is -0.303 e. The topological polar surface area (TPSA) is 17.1 Å². The van der Waals surface area contributed by atoms with Gasteiger partial charge in [-0.05, 0) is 18.9 Å². The van der Waals surface area contributed by atoms with E-state index in [1.54, 1.807) is 0 Å². The van der Waals surface area contributed by atoms with Gasteiger partial charge in [-0.25, -0.2) is 0 Å². The molecule has 0 saturated carbocycles. The minimum absolute atomic E-state index is 0.221. The van der Waals surface area contributed by atoms with E-state index in [0.717, 1.165) is 12.3 Å². The number of carbonyl (C=O) groups is 1. The van der Waals surface area contributed by atoms with E-state index >= 15 is 0 Å². The van der Waals surface area contributed by atoms with Crippen LogP contribution in [0.5, 0.6) is 0 Å². The smallest absolute Gasteiger partial charge is 0.123 e. The summed E-state index contributed by atoms with van der Waals surface area (Å²) in [7, 11) is -1.35. The molecule has 0 aromatic carbocycles. The SMILES string of the molecule is C=C(C)[Si](C)(C)CC(C=O)C(C)C. The molecule has 0 aromatic rings. The van der Waals surface area contributed by atoms with Gasteiger partial charge in [0.2, 0.25) is 0 Å². The Labute approximate surface area is 83.2 Å². The second-order valence-corrected chi connectivity index (χ2v) is 9.94. The highest BCUT2D eigenvalue weighted by Gasteiger charge is 2.27. The molecule has 76 valence electrons. The van der Waals surface area contributed by atoms with Gasteiger partial charge in [-0.15, -0.1) is 6.58 Å². The molecule has 0 amide bonds. The number of hydrogen-bond donors (Lipinski definition) is 0. The molecule has 0 bridgehead atoms. The van der Waals surface area contributed by atoms with E-state index in [2.05, 4.69) is 40.4 Å². The van der Waals surface area contributed by atoms with Gasteiger partial charge in [0.15, 0.2) is 0 Å². The first kappa shape index (κ1) is 12.6. The van der Waals surface area contributed by atoms with Crippen LogP contribution in [0.3, 0.4) is 0 Å². The Morgan fingerprint density at radius 1 is 1.46 bits per heavy atom. The molecule has 1 unspecified atom stereocenters.